The Kier molecular flexibility index (Phi) is 5.19. The van der Waals surface area contributed by atoms with E-state index in [4.69, 9.17) is 16.7 Å². The van der Waals surface area contributed by atoms with E-state index in [1.54, 1.807) is 24.4 Å². The highest BCUT2D eigenvalue weighted by atomic mass is 35.5. The molecule has 21 heavy (non-hydrogen) atoms. The maximum atomic E-state index is 11.0. The van der Waals surface area contributed by atoms with E-state index in [2.05, 4.69) is 10.3 Å². The lowest BCUT2D eigenvalue weighted by molar-refractivity contribution is 0.112. The third kappa shape index (κ3) is 4.21. The summed E-state index contributed by atoms with van der Waals surface area (Å²) in [7, 11) is 0. The molecule has 0 saturated heterocycles. The number of nitrogens with zero attached hydrogens (tertiary/aromatic N) is 1. The molecule has 0 aliphatic carbocycles. The van der Waals surface area contributed by atoms with E-state index >= 15 is 0 Å². The Morgan fingerprint density at radius 3 is 2.86 bits per heavy atom. The van der Waals surface area contributed by atoms with Crippen LogP contribution in [0, 0.1) is 0 Å². The highest BCUT2D eigenvalue weighted by molar-refractivity contribution is 7.99. The van der Waals surface area contributed by atoms with Gasteiger partial charge in [-0.2, -0.15) is 0 Å². The number of benzene rings is 1. The molecule has 0 bridgehead atoms. The molecule has 0 radical (unpaired) electrons. The van der Waals surface area contributed by atoms with Gasteiger partial charge in [0.1, 0.15) is 5.15 Å². The van der Waals surface area contributed by atoms with Crippen molar-refractivity contribution >= 4 is 35.7 Å². The third-order valence-electron chi connectivity index (χ3n) is 2.61. The van der Waals surface area contributed by atoms with Crippen molar-refractivity contribution in [2.75, 3.05) is 0 Å². The summed E-state index contributed by atoms with van der Waals surface area (Å²) >= 11 is 7.18. The Morgan fingerprint density at radius 1 is 1.38 bits per heavy atom. The zero-order valence-electron chi connectivity index (χ0n) is 10.7. The highest BCUT2D eigenvalue weighted by Gasteiger charge is 2.10. The van der Waals surface area contributed by atoms with Gasteiger partial charge in [0.2, 0.25) is 0 Å². The summed E-state index contributed by atoms with van der Waals surface area (Å²) < 4.78 is 0. The fourth-order valence-corrected chi connectivity index (χ4v) is 2.81. The summed E-state index contributed by atoms with van der Waals surface area (Å²) in [5.74, 6) is 0. The number of amides is 1. The average Bonchev–Trinajstić information content (AvgIpc) is 2.48. The first-order valence-corrected chi connectivity index (χ1v) is 7.13. The van der Waals surface area contributed by atoms with E-state index in [0.29, 0.717) is 11.1 Å². The van der Waals surface area contributed by atoms with E-state index in [9.17, 15) is 9.59 Å². The molecule has 1 heterocycles. The van der Waals surface area contributed by atoms with Gasteiger partial charge in [0.25, 0.3) is 0 Å². The van der Waals surface area contributed by atoms with Crippen LogP contribution in [-0.2, 0) is 6.54 Å². The first kappa shape index (κ1) is 15.3. The normalized spacial score (nSPS) is 10.1. The summed E-state index contributed by atoms with van der Waals surface area (Å²) in [6.07, 6.45) is 1.22. The fourth-order valence-electron chi connectivity index (χ4n) is 1.65. The van der Waals surface area contributed by atoms with Gasteiger partial charge >= 0.3 is 6.09 Å². The van der Waals surface area contributed by atoms with Crippen LogP contribution in [-0.4, -0.2) is 22.5 Å². The van der Waals surface area contributed by atoms with Gasteiger partial charge < -0.3 is 10.4 Å². The van der Waals surface area contributed by atoms with Crippen LogP contribution in [0.1, 0.15) is 15.9 Å². The second-order valence-electron chi connectivity index (χ2n) is 4.03. The average molecular weight is 323 g/mol. The lowest BCUT2D eigenvalue weighted by Crippen LogP contribution is -2.20. The van der Waals surface area contributed by atoms with Crippen LogP contribution in [0.2, 0.25) is 5.15 Å². The molecule has 0 fully saturated rings. The number of rotatable bonds is 5. The lowest BCUT2D eigenvalue weighted by atomic mass is 10.2. The van der Waals surface area contributed by atoms with Crippen LogP contribution in [0.15, 0.2) is 46.3 Å². The number of carbonyl (C=O) groups is 2. The standard InChI is InChI=1S/C14H11ClN2O3S/c15-13-5-10(6-17-14(19)20)12(7-16-13)21-11-4-2-1-3-9(11)8-18/h1-5,7-8,17H,6H2,(H,19,20). The molecule has 1 aromatic heterocycles. The summed E-state index contributed by atoms with van der Waals surface area (Å²) in [5, 5.41) is 11.3. The van der Waals surface area contributed by atoms with Gasteiger partial charge in [-0.1, -0.05) is 41.6 Å². The van der Waals surface area contributed by atoms with Crippen LogP contribution in [0.4, 0.5) is 4.79 Å². The zero-order chi connectivity index (χ0) is 15.2. The first-order valence-electron chi connectivity index (χ1n) is 5.93. The number of aromatic nitrogens is 1. The number of pyridine rings is 1. The lowest BCUT2D eigenvalue weighted by Gasteiger charge is -2.10. The van der Waals surface area contributed by atoms with E-state index in [-0.39, 0.29) is 11.7 Å². The molecule has 7 heteroatoms. The number of aldehydes is 1. The summed E-state index contributed by atoms with van der Waals surface area (Å²) in [4.78, 5) is 27.2. The molecule has 0 saturated carbocycles. The molecule has 0 spiro atoms. The number of hydrogen-bond acceptors (Lipinski definition) is 4. The molecule has 108 valence electrons. The van der Waals surface area contributed by atoms with Crippen LogP contribution < -0.4 is 5.32 Å². The number of hydrogen-bond donors (Lipinski definition) is 2. The molecule has 0 unspecified atom stereocenters. The van der Waals surface area contributed by atoms with E-state index in [1.807, 2.05) is 12.1 Å². The molecule has 0 aliphatic heterocycles. The zero-order valence-corrected chi connectivity index (χ0v) is 12.3. The molecule has 0 atom stereocenters. The van der Waals surface area contributed by atoms with Crippen LogP contribution in [0.5, 0.6) is 0 Å². The molecule has 5 nitrogen and oxygen atoms in total. The van der Waals surface area contributed by atoms with Gasteiger partial charge in [0, 0.05) is 28.1 Å². The van der Waals surface area contributed by atoms with Gasteiger partial charge in [0.05, 0.1) is 0 Å². The predicted octanol–water partition coefficient (Wildman–Crippen LogP) is 3.47. The van der Waals surface area contributed by atoms with Gasteiger partial charge in [-0.15, -0.1) is 0 Å². The number of halogens is 1. The number of carbonyl (C=O) groups excluding carboxylic acids is 1. The van der Waals surface area contributed by atoms with Crippen molar-refractivity contribution in [3.05, 3.63) is 52.8 Å². The van der Waals surface area contributed by atoms with Crippen molar-refractivity contribution in [3.63, 3.8) is 0 Å². The Balaban J connectivity index is 2.30. The molecular weight excluding hydrogens is 312 g/mol. The smallest absolute Gasteiger partial charge is 0.404 e. The van der Waals surface area contributed by atoms with Crippen molar-refractivity contribution in [1.82, 2.24) is 10.3 Å². The predicted molar refractivity (Wildman–Crippen MR) is 80.1 cm³/mol. The van der Waals surface area contributed by atoms with E-state index in [0.717, 1.165) is 16.1 Å². The van der Waals surface area contributed by atoms with Crippen LogP contribution >= 0.6 is 23.4 Å². The minimum absolute atomic E-state index is 0.114. The molecular formula is C14H11ClN2O3S. The Morgan fingerprint density at radius 2 is 2.14 bits per heavy atom. The first-order chi connectivity index (χ1) is 10.1. The fraction of sp³-hybridized carbons (Fsp3) is 0.0714. The Labute approximate surface area is 130 Å². The Bertz CT molecular complexity index is 679. The number of nitrogens with one attached hydrogen (secondary N) is 1. The van der Waals surface area contributed by atoms with E-state index < -0.39 is 6.09 Å². The van der Waals surface area contributed by atoms with Crippen LogP contribution in [0.25, 0.3) is 0 Å². The van der Waals surface area contributed by atoms with Gasteiger partial charge in [-0.25, -0.2) is 9.78 Å². The SMILES string of the molecule is O=Cc1ccccc1Sc1cnc(Cl)cc1CNC(=O)O. The second-order valence-corrected chi connectivity index (χ2v) is 5.50. The topological polar surface area (TPSA) is 79.3 Å². The van der Waals surface area contributed by atoms with Gasteiger partial charge in [0.15, 0.2) is 6.29 Å². The minimum atomic E-state index is -1.12. The molecule has 0 aliphatic rings. The highest BCUT2D eigenvalue weighted by Crippen LogP contribution is 2.32. The van der Waals surface area contributed by atoms with Crippen molar-refractivity contribution in [2.24, 2.45) is 0 Å². The molecule has 1 aromatic carbocycles. The van der Waals surface area contributed by atoms with Crippen molar-refractivity contribution in [2.45, 2.75) is 16.3 Å². The monoisotopic (exact) mass is 322 g/mol. The van der Waals surface area contributed by atoms with Crippen molar-refractivity contribution < 1.29 is 14.7 Å². The minimum Gasteiger partial charge on any atom is -0.465 e. The quantitative estimate of drug-likeness (QED) is 0.651. The maximum Gasteiger partial charge on any atom is 0.404 e. The summed E-state index contributed by atoms with van der Waals surface area (Å²) in [6.45, 7) is 0.114. The maximum absolute atomic E-state index is 11.0. The van der Waals surface area contributed by atoms with Gasteiger partial charge in [-0.05, 0) is 17.7 Å². The summed E-state index contributed by atoms with van der Waals surface area (Å²) in [6, 6.07) is 8.74. The van der Waals surface area contributed by atoms with E-state index in [1.165, 1.54) is 11.8 Å². The largest absolute Gasteiger partial charge is 0.465 e. The molecule has 2 aromatic rings. The van der Waals surface area contributed by atoms with Crippen LogP contribution in [0.3, 0.4) is 0 Å². The summed E-state index contributed by atoms with van der Waals surface area (Å²) in [5.41, 5.74) is 1.26. The van der Waals surface area contributed by atoms with Crippen molar-refractivity contribution in [1.29, 1.82) is 0 Å². The molecule has 1 amide bonds. The molecule has 2 N–H and O–H groups in total. The number of carboxylic acid groups (broad SMARTS) is 1. The third-order valence-corrected chi connectivity index (χ3v) is 4.00. The Hall–Kier alpha value is -2.05. The molecule has 2 rings (SSSR count). The second kappa shape index (κ2) is 7.10. The van der Waals surface area contributed by atoms with Crippen molar-refractivity contribution in [3.8, 4) is 0 Å². The van der Waals surface area contributed by atoms with Gasteiger partial charge in [-0.3, -0.25) is 4.79 Å².